The predicted molar refractivity (Wildman–Crippen MR) is 201 cm³/mol. The second kappa shape index (κ2) is 13.3. The van der Waals surface area contributed by atoms with E-state index < -0.39 is 29.4 Å². The summed E-state index contributed by atoms with van der Waals surface area (Å²) in [7, 11) is 0. The molecule has 0 spiro atoms. The minimum absolute atomic E-state index is 0.0426. The topological polar surface area (TPSA) is 212 Å². The van der Waals surface area contributed by atoms with Gasteiger partial charge in [0.15, 0.2) is 11.0 Å². The summed E-state index contributed by atoms with van der Waals surface area (Å²) in [4.78, 5) is 42.4. The van der Waals surface area contributed by atoms with Gasteiger partial charge in [-0.1, -0.05) is 0 Å². The van der Waals surface area contributed by atoms with Gasteiger partial charge in [0.1, 0.15) is 51.6 Å². The van der Waals surface area contributed by atoms with Crippen LogP contribution in [0.15, 0.2) is 74.7 Å². The van der Waals surface area contributed by atoms with Gasteiger partial charge in [-0.05, 0) is 82.4 Å². The zero-order chi connectivity index (χ0) is 37.9. The normalized spacial score (nSPS) is 22.0. The zero-order valence-electron chi connectivity index (χ0n) is 30.3. The Labute approximate surface area is 310 Å². The van der Waals surface area contributed by atoms with E-state index in [1.165, 1.54) is 6.07 Å². The molecule has 3 atom stereocenters. The van der Waals surface area contributed by atoms with E-state index in [9.17, 15) is 19.8 Å². The van der Waals surface area contributed by atoms with Crippen LogP contribution in [0.2, 0.25) is 0 Å². The van der Waals surface area contributed by atoms with Gasteiger partial charge < -0.3 is 45.2 Å². The summed E-state index contributed by atoms with van der Waals surface area (Å²) < 4.78 is 24.2. The lowest BCUT2D eigenvalue weighted by molar-refractivity contribution is -0.168. The molecule has 6 N–H and O–H groups in total. The van der Waals surface area contributed by atoms with Crippen molar-refractivity contribution in [1.82, 2.24) is 14.9 Å². The van der Waals surface area contributed by atoms with Crippen molar-refractivity contribution in [2.45, 2.75) is 82.8 Å². The molecule has 3 unspecified atom stereocenters. The number of esters is 1. The number of carbonyl (C=O) groups is 1. The number of phenolic OH excluding ortho intramolecular Hbond substituents is 1. The third-order valence-electron chi connectivity index (χ3n) is 10.5. The van der Waals surface area contributed by atoms with Gasteiger partial charge in [0, 0.05) is 54.3 Å². The molecular weight excluding hydrogens is 692 g/mol. The van der Waals surface area contributed by atoms with Gasteiger partial charge in [-0.2, -0.15) is 0 Å². The highest BCUT2D eigenvalue weighted by Gasteiger charge is 2.63. The molecule has 4 aromatic rings. The third-order valence-corrected chi connectivity index (χ3v) is 10.5. The van der Waals surface area contributed by atoms with E-state index in [4.69, 9.17) is 30.1 Å². The lowest BCUT2D eigenvalue weighted by atomic mass is 9.89. The number of allylic oxidation sites excluding steroid dienone is 1. The number of hydrogen-bond acceptors (Lipinski definition) is 14. The number of aromatic nitrogens is 2. The van der Waals surface area contributed by atoms with Gasteiger partial charge in [0.2, 0.25) is 0 Å². The summed E-state index contributed by atoms with van der Waals surface area (Å²) >= 11 is 0. The van der Waals surface area contributed by atoms with Crippen LogP contribution in [0.4, 0.5) is 11.6 Å². The second-order valence-corrected chi connectivity index (χ2v) is 14.9. The molecule has 0 bridgehead atoms. The summed E-state index contributed by atoms with van der Waals surface area (Å²) in [6.07, 6.45) is 6.26. The number of aryl methyl sites for hydroxylation is 2. The lowest BCUT2D eigenvalue weighted by Crippen LogP contribution is -2.50. The molecule has 0 aliphatic carbocycles. The number of benzene rings is 1. The summed E-state index contributed by atoms with van der Waals surface area (Å²) in [5.41, 5.74) is 15.7. The van der Waals surface area contributed by atoms with Gasteiger partial charge in [0.25, 0.3) is 0 Å². The van der Waals surface area contributed by atoms with Crippen LogP contribution in [0, 0.1) is 6.92 Å². The quantitative estimate of drug-likeness (QED) is 0.125. The number of carbonyl (C=O) groups excluding carboxylic acids is 1. The number of pyridine rings is 2. The smallest absolute Gasteiger partial charge is 0.341 e. The minimum atomic E-state index is -1.26. The van der Waals surface area contributed by atoms with E-state index in [1.54, 1.807) is 45.2 Å². The highest BCUT2D eigenvalue weighted by molar-refractivity contribution is 6.07. The maximum absolute atomic E-state index is 14.0. The highest BCUT2D eigenvalue weighted by Crippen LogP contribution is 2.47. The van der Waals surface area contributed by atoms with Gasteiger partial charge in [-0.3, -0.25) is 9.79 Å². The van der Waals surface area contributed by atoms with Crippen molar-refractivity contribution < 1.29 is 33.6 Å². The van der Waals surface area contributed by atoms with Crippen LogP contribution >= 0.6 is 0 Å². The van der Waals surface area contributed by atoms with E-state index in [-0.39, 0.29) is 41.6 Å². The summed E-state index contributed by atoms with van der Waals surface area (Å²) in [5.74, 6) is 0.635. The molecule has 4 aliphatic heterocycles. The molecule has 280 valence electrons. The molecular formula is C40H42N6O8. The Bertz CT molecular complexity index is 2350. The zero-order valence-corrected chi connectivity index (χ0v) is 30.3. The summed E-state index contributed by atoms with van der Waals surface area (Å²) in [5, 5.41) is 20.9. The first kappa shape index (κ1) is 35.3. The van der Waals surface area contributed by atoms with Crippen molar-refractivity contribution in [3.8, 4) is 22.8 Å². The van der Waals surface area contributed by atoms with Crippen LogP contribution in [-0.4, -0.2) is 73.3 Å². The molecule has 54 heavy (non-hydrogen) atoms. The fraction of sp³-hybridized carbons (Fsp3) is 0.375. The maximum Gasteiger partial charge on any atom is 0.341 e. The fourth-order valence-electron chi connectivity index (χ4n) is 7.69. The number of phenols is 1. The standard InChI is InChI=1S/C40H42N6O8/c1-21-11-29(48)36-31(51-21)17-30-26(37(36)49)16-33(39(2,3)53-30)52-38(50)40(8-4-10-47)32(54-40)6-5-22-12-27(45-34(41)13-22)24-14-25(44-35(42)15-24)19-46-18-23-7-9-43-28(23)20-46/h7,9,11-15,17-18,32-33,47,49H,4-6,8,10,16,19-20H2,1-3H3,(H2,41,45)(H2,42,44). The van der Waals surface area contributed by atoms with Crippen molar-refractivity contribution in [1.29, 1.82) is 0 Å². The number of fused-ring (bicyclic) bond motifs is 3. The first-order valence-corrected chi connectivity index (χ1v) is 18.0. The number of rotatable bonds is 11. The van der Waals surface area contributed by atoms with Crippen LogP contribution in [-0.2, 0) is 33.7 Å². The maximum atomic E-state index is 14.0. The Kier molecular flexibility index (Phi) is 8.69. The molecule has 1 fully saturated rings. The van der Waals surface area contributed by atoms with Gasteiger partial charge in [-0.25, -0.2) is 14.8 Å². The number of aliphatic hydroxyl groups is 1. The fourth-order valence-corrected chi connectivity index (χ4v) is 7.69. The van der Waals surface area contributed by atoms with E-state index in [0.29, 0.717) is 66.8 Å². The second-order valence-electron chi connectivity index (χ2n) is 14.9. The van der Waals surface area contributed by atoms with Gasteiger partial charge in [0.05, 0.1) is 36.3 Å². The Morgan fingerprint density at radius 2 is 1.93 bits per heavy atom. The van der Waals surface area contributed by atoms with Crippen molar-refractivity contribution in [2.75, 3.05) is 24.6 Å². The number of hydrogen-bond donors (Lipinski definition) is 4. The third kappa shape index (κ3) is 6.56. The molecule has 1 saturated heterocycles. The van der Waals surface area contributed by atoms with E-state index in [2.05, 4.69) is 26.1 Å². The van der Waals surface area contributed by atoms with E-state index in [1.807, 2.05) is 18.2 Å². The number of nitrogens with two attached hydrogens (primary N) is 2. The first-order chi connectivity index (χ1) is 25.8. The monoisotopic (exact) mass is 734 g/mol. The van der Waals surface area contributed by atoms with E-state index >= 15 is 0 Å². The highest BCUT2D eigenvalue weighted by atomic mass is 16.7. The largest absolute Gasteiger partial charge is 0.507 e. The predicted octanol–water partition coefficient (Wildman–Crippen LogP) is 4.26. The number of aliphatic imine (C=N–C) groups is 1. The Morgan fingerprint density at radius 3 is 2.72 bits per heavy atom. The summed E-state index contributed by atoms with van der Waals surface area (Å²) in [6.45, 7) is 6.37. The molecule has 14 heteroatoms. The Hall–Kier alpha value is -5.73. The minimum Gasteiger partial charge on any atom is -0.507 e. The lowest BCUT2D eigenvalue weighted by Gasteiger charge is -2.39. The molecule has 7 heterocycles. The number of aromatic hydroxyl groups is 1. The number of nitrogens with zero attached hydrogens (tertiary/aromatic N) is 4. The van der Waals surface area contributed by atoms with Gasteiger partial charge in [-0.15, -0.1) is 0 Å². The van der Waals surface area contributed by atoms with Crippen molar-refractivity contribution in [3.63, 3.8) is 0 Å². The number of ether oxygens (including phenoxy) is 3. The van der Waals surface area contributed by atoms with Crippen LogP contribution < -0.4 is 21.6 Å². The molecule has 0 amide bonds. The van der Waals surface area contributed by atoms with Crippen LogP contribution in [0.3, 0.4) is 0 Å². The average Bonchev–Trinajstić information content (AvgIpc) is 3.42. The Balaban J connectivity index is 0.970. The van der Waals surface area contributed by atoms with Crippen molar-refractivity contribution in [3.05, 3.63) is 93.3 Å². The molecule has 14 nitrogen and oxygen atoms in total. The van der Waals surface area contributed by atoms with Crippen molar-refractivity contribution >= 4 is 34.3 Å². The van der Waals surface area contributed by atoms with Crippen molar-refractivity contribution in [2.24, 2.45) is 4.99 Å². The van der Waals surface area contributed by atoms with Crippen LogP contribution in [0.1, 0.15) is 55.7 Å². The molecule has 8 rings (SSSR count). The number of anilines is 2. The molecule has 1 aromatic carbocycles. The molecule has 0 saturated carbocycles. The number of aliphatic hydroxyl groups excluding tert-OH is 1. The van der Waals surface area contributed by atoms with Gasteiger partial charge >= 0.3 is 5.97 Å². The first-order valence-electron chi connectivity index (χ1n) is 18.0. The molecule has 4 aliphatic rings. The summed E-state index contributed by atoms with van der Waals surface area (Å²) in [6, 6.07) is 10.4. The molecule has 0 radical (unpaired) electrons. The van der Waals surface area contributed by atoms with E-state index in [0.717, 1.165) is 28.1 Å². The SMILES string of the molecule is Cc1cc(=O)c2c(O)c3c(cc2o1)OC(C)(C)C(OC(=O)C1(CCCO)OC1CCc1cc(N)nc(-c2cc(N)nc(CN4C=C5C=CN=C5C4)c2)c1)C3. The molecule has 3 aromatic heterocycles. The average molecular weight is 735 g/mol. The number of epoxide rings is 1. The number of nitrogen functional groups attached to an aromatic ring is 2. The Morgan fingerprint density at radius 1 is 1.11 bits per heavy atom. The van der Waals surface area contributed by atoms with Crippen LogP contribution in [0.25, 0.3) is 22.2 Å². The van der Waals surface area contributed by atoms with Crippen LogP contribution in [0.5, 0.6) is 11.5 Å².